The van der Waals surface area contributed by atoms with Crippen molar-refractivity contribution in [3.8, 4) is 11.5 Å². The van der Waals surface area contributed by atoms with Crippen molar-refractivity contribution in [2.45, 2.75) is 32.1 Å². The number of carbonyl (C=O) groups is 1. The molecular formula is C22H23NO4. The van der Waals surface area contributed by atoms with E-state index in [1.54, 1.807) is 0 Å². The fourth-order valence-corrected chi connectivity index (χ4v) is 3.86. The summed E-state index contributed by atoms with van der Waals surface area (Å²) in [6, 6.07) is 14.1. The third-order valence-corrected chi connectivity index (χ3v) is 5.09. The molecule has 2 N–H and O–H groups in total. The third kappa shape index (κ3) is 3.92. The fourth-order valence-electron chi connectivity index (χ4n) is 3.86. The van der Waals surface area contributed by atoms with Crippen LogP contribution >= 0.6 is 0 Å². The van der Waals surface area contributed by atoms with Crippen LogP contribution in [0.4, 0.5) is 0 Å². The lowest BCUT2D eigenvalue weighted by Crippen LogP contribution is -2.09. The lowest BCUT2D eigenvalue weighted by atomic mass is 9.98. The summed E-state index contributed by atoms with van der Waals surface area (Å²) in [4.78, 5) is 14.3. The predicted molar refractivity (Wildman–Crippen MR) is 104 cm³/mol. The highest BCUT2D eigenvalue weighted by Crippen LogP contribution is 2.37. The molecule has 1 atom stereocenters. The van der Waals surface area contributed by atoms with Crippen molar-refractivity contribution < 1.29 is 19.4 Å². The van der Waals surface area contributed by atoms with Gasteiger partial charge in [0.05, 0.1) is 6.42 Å². The molecular weight excluding hydrogens is 342 g/mol. The molecule has 2 aromatic carbocycles. The van der Waals surface area contributed by atoms with Gasteiger partial charge in [0.1, 0.15) is 24.7 Å². The second kappa shape index (κ2) is 7.35. The van der Waals surface area contributed by atoms with Gasteiger partial charge in [0, 0.05) is 16.6 Å². The van der Waals surface area contributed by atoms with Gasteiger partial charge in [-0.25, -0.2) is 0 Å². The van der Waals surface area contributed by atoms with Crippen molar-refractivity contribution in [3.05, 3.63) is 59.3 Å². The summed E-state index contributed by atoms with van der Waals surface area (Å²) in [5.74, 6) is 1.03. The summed E-state index contributed by atoms with van der Waals surface area (Å²) < 4.78 is 11.6. The molecule has 0 saturated heterocycles. The van der Waals surface area contributed by atoms with Gasteiger partial charge in [-0.05, 0) is 73.2 Å². The molecule has 0 aliphatic heterocycles. The maximum Gasteiger partial charge on any atom is 0.303 e. The summed E-state index contributed by atoms with van der Waals surface area (Å²) in [6.07, 6.45) is 2.01. The zero-order valence-electron chi connectivity index (χ0n) is 15.3. The smallest absolute Gasteiger partial charge is 0.303 e. The van der Waals surface area contributed by atoms with Gasteiger partial charge in [-0.3, -0.25) is 4.79 Å². The number of carboxylic acid groups (broad SMARTS) is 1. The van der Waals surface area contributed by atoms with Gasteiger partial charge in [0.25, 0.3) is 0 Å². The molecule has 5 nitrogen and oxygen atoms in total. The molecule has 0 saturated carbocycles. The van der Waals surface area contributed by atoms with Crippen LogP contribution in [-0.2, 0) is 11.2 Å². The van der Waals surface area contributed by atoms with Crippen molar-refractivity contribution in [3.63, 3.8) is 0 Å². The molecule has 1 aliphatic carbocycles. The highest BCUT2D eigenvalue weighted by atomic mass is 16.5. The molecule has 1 aliphatic rings. The Morgan fingerprint density at radius 3 is 2.63 bits per heavy atom. The molecule has 5 heteroatoms. The van der Waals surface area contributed by atoms with Crippen LogP contribution in [0.25, 0.3) is 10.9 Å². The first-order valence-electron chi connectivity index (χ1n) is 9.28. The molecule has 0 fully saturated rings. The highest BCUT2D eigenvalue weighted by Gasteiger charge is 2.24. The first kappa shape index (κ1) is 17.5. The van der Waals surface area contributed by atoms with Crippen LogP contribution in [0.15, 0.2) is 42.5 Å². The Bertz CT molecular complexity index is 976. The molecule has 1 aromatic heterocycles. The largest absolute Gasteiger partial charge is 0.490 e. The van der Waals surface area contributed by atoms with E-state index in [1.807, 2.05) is 43.3 Å². The van der Waals surface area contributed by atoms with Gasteiger partial charge in [0.15, 0.2) is 0 Å². The van der Waals surface area contributed by atoms with E-state index < -0.39 is 5.97 Å². The first-order valence-corrected chi connectivity index (χ1v) is 9.28. The van der Waals surface area contributed by atoms with E-state index >= 15 is 0 Å². The summed E-state index contributed by atoms with van der Waals surface area (Å²) in [5.41, 5.74) is 4.59. The summed E-state index contributed by atoms with van der Waals surface area (Å²) in [5, 5.41) is 10.1. The Kier molecular flexibility index (Phi) is 4.75. The van der Waals surface area contributed by atoms with Crippen LogP contribution in [0.5, 0.6) is 11.5 Å². The topological polar surface area (TPSA) is 71.6 Å². The van der Waals surface area contributed by atoms with E-state index in [0.29, 0.717) is 13.2 Å². The number of aliphatic carboxylic acids is 1. The zero-order valence-corrected chi connectivity index (χ0v) is 15.3. The standard InChI is InChI=1S/C22H23NO4/c1-14-10-17-12-19(5-7-21(17)23-14)27-9-8-26-18-4-6-20-15(11-18)2-3-16(20)13-22(24)25/h4-7,10-12,16,23H,2-3,8-9,13H2,1H3,(H,24,25)/t16-/m0/s1. The van der Waals surface area contributed by atoms with E-state index in [0.717, 1.165) is 46.5 Å². The molecule has 1 heterocycles. The number of H-pyrrole nitrogens is 1. The molecule has 0 bridgehead atoms. The minimum atomic E-state index is -0.738. The van der Waals surface area contributed by atoms with Gasteiger partial charge in [-0.1, -0.05) is 6.07 Å². The maximum absolute atomic E-state index is 11.0. The number of aryl methyl sites for hydroxylation is 2. The summed E-state index contributed by atoms with van der Waals surface area (Å²) in [6.45, 7) is 2.96. The number of carboxylic acids is 1. The molecule has 0 unspecified atom stereocenters. The maximum atomic E-state index is 11.0. The lowest BCUT2D eigenvalue weighted by Gasteiger charge is -2.11. The van der Waals surface area contributed by atoms with Gasteiger partial charge in [-0.15, -0.1) is 0 Å². The Hall–Kier alpha value is -2.95. The molecule has 4 rings (SSSR count). The highest BCUT2D eigenvalue weighted by molar-refractivity contribution is 5.81. The monoisotopic (exact) mass is 365 g/mol. The van der Waals surface area contributed by atoms with Crippen LogP contribution in [0.2, 0.25) is 0 Å². The number of ether oxygens (including phenoxy) is 2. The van der Waals surface area contributed by atoms with Gasteiger partial charge in [-0.2, -0.15) is 0 Å². The second-order valence-corrected chi connectivity index (χ2v) is 7.09. The molecule has 27 heavy (non-hydrogen) atoms. The summed E-state index contributed by atoms with van der Waals surface area (Å²) >= 11 is 0. The van der Waals surface area contributed by atoms with Crippen LogP contribution in [0, 0.1) is 6.92 Å². The number of aromatic amines is 1. The Morgan fingerprint density at radius 1 is 1.11 bits per heavy atom. The molecule has 0 spiro atoms. The Labute approximate surface area is 157 Å². The molecule has 3 aromatic rings. The second-order valence-electron chi connectivity index (χ2n) is 7.09. The summed E-state index contributed by atoms with van der Waals surface area (Å²) in [7, 11) is 0. The van der Waals surface area contributed by atoms with Gasteiger partial charge in [0.2, 0.25) is 0 Å². The predicted octanol–water partition coefficient (Wildman–Crippen LogP) is 4.44. The van der Waals surface area contributed by atoms with Crippen molar-refractivity contribution in [1.29, 1.82) is 0 Å². The van der Waals surface area contributed by atoms with Crippen LogP contribution in [-0.4, -0.2) is 29.3 Å². The number of hydrogen-bond donors (Lipinski definition) is 2. The van der Waals surface area contributed by atoms with E-state index in [9.17, 15) is 4.79 Å². The SMILES string of the molecule is Cc1cc2cc(OCCOc3ccc4c(c3)CC[C@H]4CC(=O)O)ccc2[nH]1. The van der Waals surface area contributed by atoms with Crippen molar-refractivity contribution >= 4 is 16.9 Å². The number of hydrogen-bond acceptors (Lipinski definition) is 3. The number of aromatic nitrogens is 1. The number of benzene rings is 2. The average molecular weight is 365 g/mol. The Balaban J connectivity index is 1.31. The molecule has 0 amide bonds. The normalized spacial score (nSPS) is 15.7. The van der Waals surface area contributed by atoms with E-state index in [4.69, 9.17) is 14.6 Å². The van der Waals surface area contributed by atoms with Crippen LogP contribution in [0.1, 0.15) is 35.6 Å². The van der Waals surface area contributed by atoms with Gasteiger partial charge < -0.3 is 19.6 Å². The molecule has 140 valence electrons. The molecule has 0 radical (unpaired) electrons. The number of nitrogens with one attached hydrogen (secondary N) is 1. The van der Waals surface area contributed by atoms with Crippen molar-refractivity contribution in [2.75, 3.05) is 13.2 Å². The van der Waals surface area contributed by atoms with E-state index in [-0.39, 0.29) is 12.3 Å². The fraction of sp³-hybridized carbons (Fsp3) is 0.318. The van der Waals surface area contributed by atoms with Crippen LogP contribution in [0.3, 0.4) is 0 Å². The number of rotatable bonds is 7. The zero-order chi connectivity index (χ0) is 18.8. The van der Waals surface area contributed by atoms with Crippen LogP contribution < -0.4 is 9.47 Å². The van der Waals surface area contributed by atoms with E-state index in [1.165, 1.54) is 5.56 Å². The van der Waals surface area contributed by atoms with Crippen molar-refractivity contribution in [1.82, 2.24) is 4.98 Å². The number of fused-ring (bicyclic) bond motifs is 2. The first-order chi connectivity index (χ1) is 13.1. The third-order valence-electron chi connectivity index (χ3n) is 5.09. The lowest BCUT2D eigenvalue weighted by molar-refractivity contribution is -0.137. The van der Waals surface area contributed by atoms with E-state index in [2.05, 4.69) is 11.1 Å². The quantitative estimate of drug-likeness (QED) is 0.607. The Morgan fingerprint density at radius 2 is 1.85 bits per heavy atom. The minimum absolute atomic E-state index is 0.127. The average Bonchev–Trinajstić information content (AvgIpc) is 3.20. The van der Waals surface area contributed by atoms with Gasteiger partial charge >= 0.3 is 5.97 Å². The van der Waals surface area contributed by atoms with Crippen molar-refractivity contribution in [2.24, 2.45) is 0 Å². The minimum Gasteiger partial charge on any atom is -0.490 e.